The SMILES string of the molecule is CC1CCCCN1C(=O)c1ccccc1Sc1ccccc1C#N. The number of rotatable bonds is 3. The Bertz CT molecular complexity index is 781. The fourth-order valence-electron chi connectivity index (χ4n) is 3.05. The molecule has 4 heteroatoms. The van der Waals surface area contributed by atoms with Crippen LogP contribution in [0.5, 0.6) is 0 Å². The Hall–Kier alpha value is -2.25. The number of carbonyl (C=O) groups excluding carboxylic acids is 1. The lowest BCUT2D eigenvalue weighted by molar-refractivity contribution is 0.0632. The van der Waals surface area contributed by atoms with Gasteiger partial charge in [0.15, 0.2) is 0 Å². The van der Waals surface area contributed by atoms with Gasteiger partial charge in [-0.15, -0.1) is 0 Å². The normalized spacial score (nSPS) is 17.3. The van der Waals surface area contributed by atoms with Crippen molar-refractivity contribution in [1.29, 1.82) is 5.26 Å². The second kappa shape index (κ2) is 7.55. The van der Waals surface area contributed by atoms with E-state index in [4.69, 9.17) is 0 Å². The monoisotopic (exact) mass is 336 g/mol. The number of benzene rings is 2. The van der Waals surface area contributed by atoms with Crippen molar-refractivity contribution in [2.24, 2.45) is 0 Å². The van der Waals surface area contributed by atoms with Crippen LogP contribution in [0.15, 0.2) is 58.3 Å². The summed E-state index contributed by atoms with van der Waals surface area (Å²) in [6.07, 6.45) is 3.33. The maximum atomic E-state index is 13.0. The zero-order chi connectivity index (χ0) is 16.9. The van der Waals surface area contributed by atoms with Gasteiger partial charge in [-0.05, 0) is 50.5 Å². The van der Waals surface area contributed by atoms with Crippen molar-refractivity contribution in [3.63, 3.8) is 0 Å². The summed E-state index contributed by atoms with van der Waals surface area (Å²) in [6.45, 7) is 2.95. The standard InChI is InChI=1S/C20H20N2OS/c1-15-8-6-7-13-22(15)20(23)17-10-3-5-12-19(17)24-18-11-4-2-9-16(18)14-21/h2-5,9-12,15H,6-8,13H2,1H3. The van der Waals surface area contributed by atoms with Gasteiger partial charge < -0.3 is 4.90 Å². The van der Waals surface area contributed by atoms with Crippen molar-refractivity contribution in [2.45, 2.75) is 42.0 Å². The topological polar surface area (TPSA) is 44.1 Å². The number of likely N-dealkylation sites (tertiary alicyclic amines) is 1. The molecule has 1 aliphatic rings. The summed E-state index contributed by atoms with van der Waals surface area (Å²) in [5.41, 5.74) is 1.36. The van der Waals surface area contributed by atoms with Crippen LogP contribution in [0.2, 0.25) is 0 Å². The highest BCUT2D eigenvalue weighted by Gasteiger charge is 2.26. The third-order valence-corrected chi connectivity index (χ3v) is 5.56. The van der Waals surface area contributed by atoms with Crippen LogP contribution in [0.1, 0.15) is 42.1 Å². The molecule has 0 saturated carbocycles. The third-order valence-electron chi connectivity index (χ3n) is 4.41. The summed E-state index contributed by atoms with van der Waals surface area (Å²) >= 11 is 1.49. The molecule has 0 bridgehead atoms. The highest BCUT2D eigenvalue weighted by atomic mass is 32.2. The number of nitrogens with zero attached hydrogens (tertiary/aromatic N) is 2. The third kappa shape index (κ3) is 3.47. The molecule has 1 unspecified atom stereocenters. The zero-order valence-electron chi connectivity index (χ0n) is 13.7. The van der Waals surface area contributed by atoms with Crippen molar-refractivity contribution in [3.05, 3.63) is 59.7 Å². The Kier molecular flexibility index (Phi) is 5.22. The van der Waals surface area contributed by atoms with Gasteiger partial charge in [-0.1, -0.05) is 36.0 Å². The second-order valence-electron chi connectivity index (χ2n) is 6.05. The zero-order valence-corrected chi connectivity index (χ0v) is 14.6. The van der Waals surface area contributed by atoms with Crippen LogP contribution in [0.25, 0.3) is 0 Å². The molecule has 24 heavy (non-hydrogen) atoms. The van der Waals surface area contributed by atoms with Gasteiger partial charge in [0.25, 0.3) is 5.91 Å². The molecular weight excluding hydrogens is 316 g/mol. The quantitative estimate of drug-likeness (QED) is 0.814. The van der Waals surface area contributed by atoms with E-state index in [1.54, 1.807) is 6.07 Å². The van der Waals surface area contributed by atoms with Crippen molar-refractivity contribution in [1.82, 2.24) is 4.90 Å². The first-order chi connectivity index (χ1) is 11.7. The Morgan fingerprint density at radius 1 is 1.12 bits per heavy atom. The van der Waals surface area contributed by atoms with E-state index < -0.39 is 0 Å². The van der Waals surface area contributed by atoms with Crippen LogP contribution in [-0.4, -0.2) is 23.4 Å². The smallest absolute Gasteiger partial charge is 0.255 e. The fourth-order valence-corrected chi connectivity index (χ4v) is 4.07. The Morgan fingerprint density at radius 2 is 1.83 bits per heavy atom. The number of piperidine rings is 1. The molecule has 122 valence electrons. The van der Waals surface area contributed by atoms with Crippen molar-refractivity contribution in [2.75, 3.05) is 6.54 Å². The predicted molar refractivity (Wildman–Crippen MR) is 96.1 cm³/mol. The van der Waals surface area contributed by atoms with E-state index >= 15 is 0 Å². The minimum Gasteiger partial charge on any atom is -0.336 e. The Labute approximate surface area is 147 Å². The molecule has 1 fully saturated rings. The van der Waals surface area contributed by atoms with Crippen molar-refractivity contribution < 1.29 is 4.79 Å². The first-order valence-corrected chi connectivity index (χ1v) is 9.09. The molecule has 1 heterocycles. The first kappa shape index (κ1) is 16.6. The number of hydrogen-bond donors (Lipinski definition) is 0. The van der Waals surface area contributed by atoms with E-state index in [0.717, 1.165) is 34.7 Å². The lowest BCUT2D eigenvalue weighted by atomic mass is 10.0. The number of nitriles is 1. The van der Waals surface area contributed by atoms with E-state index in [0.29, 0.717) is 5.56 Å². The maximum absolute atomic E-state index is 13.0. The molecule has 3 nitrogen and oxygen atoms in total. The molecule has 2 aromatic rings. The van der Waals surface area contributed by atoms with Crippen LogP contribution in [0.4, 0.5) is 0 Å². The van der Waals surface area contributed by atoms with Crippen molar-refractivity contribution >= 4 is 17.7 Å². The molecule has 0 spiro atoms. The van der Waals surface area contributed by atoms with Gasteiger partial charge in [0, 0.05) is 22.4 Å². The predicted octanol–water partition coefficient (Wildman–Crippen LogP) is 4.72. The lowest BCUT2D eigenvalue weighted by Crippen LogP contribution is -2.42. The highest BCUT2D eigenvalue weighted by molar-refractivity contribution is 7.99. The van der Waals surface area contributed by atoms with Crippen LogP contribution in [0.3, 0.4) is 0 Å². The summed E-state index contributed by atoms with van der Waals surface area (Å²) in [6, 6.07) is 17.7. The summed E-state index contributed by atoms with van der Waals surface area (Å²) in [5.74, 6) is 0.0970. The lowest BCUT2D eigenvalue weighted by Gasteiger charge is -2.33. The molecule has 0 aromatic heterocycles. The molecule has 1 amide bonds. The van der Waals surface area contributed by atoms with Gasteiger partial charge in [0.05, 0.1) is 11.1 Å². The molecule has 1 aliphatic heterocycles. The molecule has 1 saturated heterocycles. The van der Waals surface area contributed by atoms with E-state index in [2.05, 4.69) is 13.0 Å². The molecule has 2 aromatic carbocycles. The van der Waals surface area contributed by atoms with Gasteiger partial charge in [-0.3, -0.25) is 4.79 Å². The maximum Gasteiger partial charge on any atom is 0.255 e. The van der Waals surface area contributed by atoms with Crippen LogP contribution in [0, 0.1) is 11.3 Å². The van der Waals surface area contributed by atoms with E-state index in [-0.39, 0.29) is 11.9 Å². The number of hydrogen-bond acceptors (Lipinski definition) is 3. The van der Waals surface area contributed by atoms with Crippen molar-refractivity contribution in [3.8, 4) is 6.07 Å². The van der Waals surface area contributed by atoms with Crippen LogP contribution in [-0.2, 0) is 0 Å². The highest BCUT2D eigenvalue weighted by Crippen LogP contribution is 2.33. The minimum absolute atomic E-state index is 0.0970. The average molecular weight is 336 g/mol. The van der Waals surface area contributed by atoms with Crippen LogP contribution < -0.4 is 0 Å². The van der Waals surface area contributed by atoms with E-state index in [1.807, 2.05) is 47.4 Å². The minimum atomic E-state index is 0.0970. The summed E-state index contributed by atoms with van der Waals surface area (Å²) < 4.78 is 0. The molecule has 3 rings (SSSR count). The summed E-state index contributed by atoms with van der Waals surface area (Å²) in [5, 5.41) is 9.28. The second-order valence-corrected chi connectivity index (χ2v) is 7.13. The Morgan fingerprint density at radius 3 is 2.58 bits per heavy atom. The molecule has 0 aliphatic carbocycles. The summed E-state index contributed by atoms with van der Waals surface area (Å²) in [7, 11) is 0. The van der Waals surface area contributed by atoms with E-state index in [1.165, 1.54) is 18.2 Å². The number of carbonyl (C=O) groups is 1. The first-order valence-electron chi connectivity index (χ1n) is 8.27. The van der Waals surface area contributed by atoms with Gasteiger partial charge in [0.1, 0.15) is 6.07 Å². The van der Waals surface area contributed by atoms with Gasteiger partial charge in [-0.2, -0.15) is 5.26 Å². The van der Waals surface area contributed by atoms with Gasteiger partial charge >= 0.3 is 0 Å². The number of amides is 1. The van der Waals surface area contributed by atoms with Gasteiger partial charge in [-0.25, -0.2) is 0 Å². The summed E-state index contributed by atoms with van der Waals surface area (Å²) in [4.78, 5) is 16.8. The Balaban J connectivity index is 1.91. The largest absolute Gasteiger partial charge is 0.336 e. The molecule has 1 atom stereocenters. The molecule has 0 N–H and O–H groups in total. The molecular formula is C20H20N2OS. The van der Waals surface area contributed by atoms with Gasteiger partial charge in [0.2, 0.25) is 0 Å². The van der Waals surface area contributed by atoms with E-state index in [9.17, 15) is 10.1 Å². The molecule has 0 radical (unpaired) electrons. The van der Waals surface area contributed by atoms with Crippen LogP contribution >= 0.6 is 11.8 Å². The average Bonchev–Trinajstić information content (AvgIpc) is 2.62. The fraction of sp³-hybridized carbons (Fsp3) is 0.300.